The van der Waals surface area contributed by atoms with Crippen LogP contribution in [0.4, 0.5) is 0 Å². The monoisotopic (exact) mass is 444 g/mol. The van der Waals surface area contributed by atoms with Gasteiger partial charge in [0.1, 0.15) is 13.2 Å². The first-order valence-corrected chi connectivity index (χ1v) is 10.7. The van der Waals surface area contributed by atoms with Crippen molar-refractivity contribution in [1.82, 2.24) is 19.4 Å². The molecule has 33 heavy (non-hydrogen) atoms. The lowest BCUT2D eigenvalue weighted by atomic mass is 10.2. The van der Waals surface area contributed by atoms with Crippen LogP contribution in [0.2, 0.25) is 0 Å². The third-order valence-corrected chi connectivity index (χ3v) is 5.27. The summed E-state index contributed by atoms with van der Waals surface area (Å²) in [5.74, 6) is 0.120. The number of ether oxygens (including phenoxy) is 1. The van der Waals surface area contributed by atoms with Gasteiger partial charge >= 0.3 is 5.69 Å². The number of hydrogen-bond donors (Lipinski definition) is 1. The molecule has 1 N–H and O–H groups in total. The van der Waals surface area contributed by atoms with E-state index >= 15 is 0 Å². The fourth-order valence-corrected chi connectivity index (χ4v) is 3.57. The molecule has 0 atom stereocenters. The van der Waals surface area contributed by atoms with Crippen LogP contribution in [0.3, 0.4) is 0 Å². The third kappa shape index (κ3) is 5.01. The summed E-state index contributed by atoms with van der Waals surface area (Å²) in [5.41, 5.74) is 1.43. The van der Waals surface area contributed by atoms with E-state index in [1.807, 2.05) is 30.3 Å². The number of para-hydroxylation sites is 1. The van der Waals surface area contributed by atoms with Crippen molar-refractivity contribution in [3.63, 3.8) is 0 Å². The lowest BCUT2D eigenvalue weighted by Gasteiger charge is -2.13. The molecule has 0 fully saturated rings. The van der Waals surface area contributed by atoms with E-state index in [2.05, 4.69) is 10.3 Å². The summed E-state index contributed by atoms with van der Waals surface area (Å²) in [6.45, 7) is 2.41. The van der Waals surface area contributed by atoms with E-state index in [1.54, 1.807) is 49.5 Å². The van der Waals surface area contributed by atoms with Crippen LogP contribution in [0.5, 0.6) is 5.88 Å². The van der Waals surface area contributed by atoms with Crippen molar-refractivity contribution in [3.05, 3.63) is 105 Å². The summed E-state index contributed by atoms with van der Waals surface area (Å²) in [6.07, 6.45) is 1.62. The number of carbonyl (C=O) groups is 1. The quantitative estimate of drug-likeness (QED) is 0.451. The van der Waals surface area contributed by atoms with Gasteiger partial charge in [-0.15, -0.1) is 0 Å². The van der Waals surface area contributed by atoms with Crippen molar-refractivity contribution < 1.29 is 9.53 Å². The molecule has 1 amide bonds. The SMILES string of the molecule is CCn1c(=O)c2ccccc2n(CC(=O)NCc2ccnc(OCc3ccccc3)c2)c1=O. The molecular weight excluding hydrogens is 420 g/mol. The van der Waals surface area contributed by atoms with Gasteiger partial charge < -0.3 is 10.1 Å². The normalized spacial score (nSPS) is 10.8. The van der Waals surface area contributed by atoms with Crippen LogP contribution in [-0.2, 0) is 31.0 Å². The van der Waals surface area contributed by atoms with Crippen molar-refractivity contribution in [2.45, 2.75) is 33.2 Å². The van der Waals surface area contributed by atoms with Crippen molar-refractivity contribution in [3.8, 4) is 5.88 Å². The van der Waals surface area contributed by atoms with Gasteiger partial charge in [0.15, 0.2) is 0 Å². The molecule has 0 aliphatic rings. The highest BCUT2D eigenvalue weighted by Crippen LogP contribution is 2.12. The Labute approximate surface area is 190 Å². The minimum absolute atomic E-state index is 0.192. The van der Waals surface area contributed by atoms with Crippen molar-refractivity contribution in [1.29, 1.82) is 0 Å². The lowest BCUT2D eigenvalue weighted by molar-refractivity contribution is -0.121. The fourth-order valence-electron chi connectivity index (χ4n) is 3.57. The number of rotatable bonds is 8. The largest absolute Gasteiger partial charge is 0.473 e. The van der Waals surface area contributed by atoms with Gasteiger partial charge in [-0.05, 0) is 36.2 Å². The Kier molecular flexibility index (Phi) is 6.64. The van der Waals surface area contributed by atoms with Gasteiger partial charge in [0.05, 0.1) is 10.9 Å². The predicted molar refractivity (Wildman–Crippen MR) is 125 cm³/mol. The molecule has 2 aromatic heterocycles. The number of nitrogens with one attached hydrogen (secondary N) is 1. The summed E-state index contributed by atoms with van der Waals surface area (Å²) in [6, 6.07) is 20.1. The van der Waals surface area contributed by atoms with E-state index in [4.69, 9.17) is 4.74 Å². The van der Waals surface area contributed by atoms with E-state index in [9.17, 15) is 14.4 Å². The molecular formula is C25H24N4O4. The highest BCUT2D eigenvalue weighted by Gasteiger charge is 2.14. The molecule has 0 bridgehead atoms. The standard InChI is InChI=1S/C25H24N4O4/c1-2-28-24(31)20-10-6-7-11-21(20)29(25(28)32)16-22(30)27-15-19-12-13-26-23(14-19)33-17-18-8-4-3-5-9-18/h3-14H,2,15-17H2,1H3,(H,27,30). The number of amides is 1. The molecule has 4 aromatic rings. The molecule has 4 rings (SSSR count). The molecule has 0 spiro atoms. The van der Waals surface area contributed by atoms with E-state index < -0.39 is 5.69 Å². The number of hydrogen-bond acceptors (Lipinski definition) is 5. The maximum Gasteiger partial charge on any atom is 0.331 e. The molecule has 0 aliphatic carbocycles. The average Bonchev–Trinajstić information content (AvgIpc) is 2.85. The average molecular weight is 444 g/mol. The van der Waals surface area contributed by atoms with Crippen LogP contribution in [0.1, 0.15) is 18.1 Å². The zero-order valence-electron chi connectivity index (χ0n) is 18.2. The number of aromatic nitrogens is 3. The van der Waals surface area contributed by atoms with Crippen LogP contribution < -0.4 is 21.3 Å². The Morgan fingerprint density at radius 2 is 1.73 bits per heavy atom. The topological polar surface area (TPSA) is 95.2 Å². The summed E-state index contributed by atoms with van der Waals surface area (Å²) in [5, 5.41) is 3.23. The van der Waals surface area contributed by atoms with Crippen LogP contribution >= 0.6 is 0 Å². The Morgan fingerprint density at radius 1 is 0.970 bits per heavy atom. The number of nitrogens with zero attached hydrogens (tertiary/aromatic N) is 3. The molecule has 0 radical (unpaired) electrons. The molecule has 168 valence electrons. The predicted octanol–water partition coefficient (Wildman–Crippen LogP) is 2.47. The van der Waals surface area contributed by atoms with Crippen LogP contribution in [-0.4, -0.2) is 20.0 Å². The fraction of sp³-hybridized carbons (Fsp3) is 0.200. The second kappa shape index (κ2) is 9.95. The van der Waals surface area contributed by atoms with Crippen LogP contribution in [0.25, 0.3) is 10.9 Å². The Bertz CT molecular complexity index is 1390. The summed E-state index contributed by atoms with van der Waals surface area (Å²) in [7, 11) is 0. The maximum absolute atomic E-state index is 12.8. The summed E-state index contributed by atoms with van der Waals surface area (Å²) in [4.78, 5) is 42.2. The van der Waals surface area contributed by atoms with Gasteiger partial charge in [-0.1, -0.05) is 42.5 Å². The molecule has 0 aliphatic heterocycles. The second-order valence-electron chi connectivity index (χ2n) is 7.49. The highest BCUT2D eigenvalue weighted by atomic mass is 16.5. The first-order valence-electron chi connectivity index (χ1n) is 10.7. The minimum Gasteiger partial charge on any atom is -0.473 e. The van der Waals surface area contributed by atoms with Crippen molar-refractivity contribution in [2.75, 3.05) is 0 Å². The molecule has 0 unspecified atom stereocenters. The first-order chi connectivity index (χ1) is 16.1. The number of fused-ring (bicyclic) bond motifs is 1. The molecule has 8 heteroatoms. The van der Waals surface area contributed by atoms with Gasteiger partial charge in [0.25, 0.3) is 5.56 Å². The Balaban J connectivity index is 1.45. The Morgan fingerprint density at radius 3 is 2.52 bits per heavy atom. The van der Waals surface area contributed by atoms with Gasteiger partial charge in [0.2, 0.25) is 11.8 Å². The lowest BCUT2D eigenvalue weighted by Crippen LogP contribution is -2.42. The van der Waals surface area contributed by atoms with E-state index in [1.165, 1.54) is 4.57 Å². The van der Waals surface area contributed by atoms with Gasteiger partial charge in [0, 0.05) is 25.4 Å². The number of pyridine rings is 1. The molecule has 2 aromatic carbocycles. The minimum atomic E-state index is -0.503. The van der Waals surface area contributed by atoms with Gasteiger partial charge in [-0.3, -0.25) is 18.7 Å². The van der Waals surface area contributed by atoms with Crippen LogP contribution in [0.15, 0.2) is 82.5 Å². The molecule has 2 heterocycles. The summed E-state index contributed by atoms with van der Waals surface area (Å²) < 4.78 is 8.20. The zero-order chi connectivity index (χ0) is 23.2. The Hall–Kier alpha value is -4.20. The number of carbonyl (C=O) groups excluding carboxylic acids is 1. The first kappa shape index (κ1) is 22.0. The molecule has 0 saturated heterocycles. The van der Waals surface area contributed by atoms with E-state index in [0.717, 1.165) is 15.7 Å². The smallest absolute Gasteiger partial charge is 0.331 e. The highest BCUT2D eigenvalue weighted by molar-refractivity contribution is 5.81. The van der Waals surface area contributed by atoms with Gasteiger partial charge in [-0.2, -0.15) is 0 Å². The van der Waals surface area contributed by atoms with Crippen LogP contribution in [0, 0.1) is 0 Å². The molecule has 8 nitrogen and oxygen atoms in total. The van der Waals surface area contributed by atoms with Gasteiger partial charge in [-0.25, -0.2) is 9.78 Å². The summed E-state index contributed by atoms with van der Waals surface area (Å²) >= 11 is 0. The molecule has 0 saturated carbocycles. The second-order valence-corrected chi connectivity index (χ2v) is 7.49. The van der Waals surface area contributed by atoms with E-state index in [0.29, 0.717) is 23.4 Å². The van der Waals surface area contributed by atoms with Crippen molar-refractivity contribution in [2.24, 2.45) is 0 Å². The van der Waals surface area contributed by atoms with Crippen molar-refractivity contribution >= 4 is 16.8 Å². The zero-order valence-corrected chi connectivity index (χ0v) is 18.2. The number of benzene rings is 2. The maximum atomic E-state index is 12.8. The van der Waals surface area contributed by atoms with E-state index in [-0.39, 0.29) is 31.1 Å². The third-order valence-electron chi connectivity index (χ3n) is 5.27.